The van der Waals surface area contributed by atoms with Gasteiger partial charge in [0.1, 0.15) is 5.75 Å². The summed E-state index contributed by atoms with van der Waals surface area (Å²) in [5, 5.41) is 2.43. The molecule has 7 aromatic carbocycles. The fourth-order valence-electron chi connectivity index (χ4n) is 9.92. The summed E-state index contributed by atoms with van der Waals surface area (Å²) in [5.74, 6) is 1.66. The fourth-order valence-corrected chi connectivity index (χ4v) is 9.92. The van der Waals surface area contributed by atoms with E-state index in [0.717, 1.165) is 50.3 Å². The molecule has 0 radical (unpaired) electrons. The lowest BCUT2D eigenvalue weighted by molar-refractivity contribution is 0.163. The van der Waals surface area contributed by atoms with Crippen LogP contribution in [0.5, 0.6) is 5.75 Å². The second-order valence-electron chi connectivity index (χ2n) is 15.5. The molecule has 3 heteroatoms. The van der Waals surface area contributed by atoms with Crippen molar-refractivity contribution in [1.29, 1.82) is 0 Å². The molecule has 1 fully saturated rings. The Morgan fingerprint density at radius 2 is 1.07 bits per heavy atom. The summed E-state index contributed by atoms with van der Waals surface area (Å²) in [6, 6.07) is 60.3. The molecule has 3 nitrogen and oxygen atoms in total. The third kappa shape index (κ3) is 5.04. The van der Waals surface area contributed by atoms with E-state index in [1.165, 1.54) is 65.3 Å². The Kier molecular flexibility index (Phi) is 7.63. The SMILES string of the molecule is C1=CC(c2ccccc2)(c2ccc(-c3nc(-c4ccccc4)cc(-c4ccccc4)n3)cc2)Oc2c1c1c(c3ccccc23)-c2ccccc2C12CCCCC2. The largest absolute Gasteiger partial charge is 0.472 e. The molecule has 0 saturated heterocycles. The molecule has 8 aromatic rings. The number of ether oxygens (including phenoxy) is 1. The Balaban J connectivity index is 1.08. The maximum Gasteiger partial charge on any atom is 0.178 e. The molecule has 1 aliphatic heterocycles. The first kappa shape index (κ1) is 32.8. The van der Waals surface area contributed by atoms with Crippen molar-refractivity contribution >= 4 is 16.8 Å². The second-order valence-corrected chi connectivity index (χ2v) is 15.5. The van der Waals surface area contributed by atoms with Crippen LogP contribution in [0.4, 0.5) is 0 Å². The highest BCUT2D eigenvalue weighted by atomic mass is 16.5. The molecule has 56 heavy (non-hydrogen) atoms. The van der Waals surface area contributed by atoms with Crippen LogP contribution in [0.1, 0.15) is 59.9 Å². The fraction of sp³-hybridized carbons (Fsp3) is 0.132. The first-order valence-corrected chi connectivity index (χ1v) is 20.0. The van der Waals surface area contributed by atoms with Crippen LogP contribution in [0, 0.1) is 0 Å². The lowest BCUT2D eigenvalue weighted by Gasteiger charge is -2.41. The van der Waals surface area contributed by atoms with Gasteiger partial charge in [-0.05, 0) is 52.6 Å². The Morgan fingerprint density at radius 3 is 1.75 bits per heavy atom. The number of benzene rings is 7. The number of fused-ring (bicyclic) bond motifs is 10. The van der Waals surface area contributed by atoms with Gasteiger partial charge < -0.3 is 4.74 Å². The van der Waals surface area contributed by atoms with Crippen molar-refractivity contribution in [3.8, 4) is 50.8 Å². The summed E-state index contributed by atoms with van der Waals surface area (Å²) in [5.41, 5.74) is 13.1. The first-order valence-electron chi connectivity index (χ1n) is 20.0. The van der Waals surface area contributed by atoms with Gasteiger partial charge in [-0.3, -0.25) is 0 Å². The van der Waals surface area contributed by atoms with E-state index in [9.17, 15) is 0 Å². The van der Waals surface area contributed by atoms with E-state index in [2.05, 4.69) is 170 Å². The molecule has 11 rings (SSSR count). The summed E-state index contributed by atoms with van der Waals surface area (Å²) in [4.78, 5) is 10.2. The minimum absolute atomic E-state index is 0.00667. The zero-order chi connectivity index (χ0) is 37.1. The number of hydrogen-bond donors (Lipinski definition) is 0. The first-order chi connectivity index (χ1) is 27.7. The minimum Gasteiger partial charge on any atom is -0.472 e. The van der Waals surface area contributed by atoms with E-state index < -0.39 is 5.60 Å². The third-order valence-corrected chi connectivity index (χ3v) is 12.5. The van der Waals surface area contributed by atoms with Crippen LogP contribution in [-0.4, -0.2) is 9.97 Å². The Bertz CT molecular complexity index is 2730. The van der Waals surface area contributed by atoms with Crippen molar-refractivity contribution in [2.24, 2.45) is 0 Å². The summed E-state index contributed by atoms with van der Waals surface area (Å²) < 4.78 is 7.64. The molecule has 268 valence electrons. The molecule has 3 aliphatic rings. The zero-order valence-electron chi connectivity index (χ0n) is 31.2. The lowest BCUT2D eigenvalue weighted by Crippen LogP contribution is -2.35. The van der Waals surface area contributed by atoms with Crippen molar-refractivity contribution < 1.29 is 4.74 Å². The van der Waals surface area contributed by atoms with E-state index in [0.29, 0.717) is 5.82 Å². The smallest absolute Gasteiger partial charge is 0.178 e. The number of aromatic nitrogens is 2. The van der Waals surface area contributed by atoms with Gasteiger partial charge in [0.25, 0.3) is 0 Å². The van der Waals surface area contributed by atoms with Crippen molar-refractivity contribution in [2.75, 3.05) is 0 Å². The van der Waals surface area contributed by atoms with Gasteiger partial charge in [-0.1, -0.05) is 189 Å². The van der Waals surface area contributed by atoms with E-state index in [1.807, 2.05) is 12.1 Å². The van der Waals surface area contributed by atoms with Gasteiger partial charge in [-0.25, -0.2) is 9.97 Å². The van der Waals surface area contributed by atoms with Crippen molar-refractivity contribution in [3.63, 3.8) is 0 Å². The number of rotatable bonds is 5. The van der Waals surface area contributed by atoms with E-state index >= 15 is 0 Å². The number of nitrogens with zero attached hydrogens (tertiary/aromatic N) is 2. The van der Waals surface area contributed by atoms with Gasteiger partial charge in [0, 0.05) is 44.2 Å². The monoisotopic (exact) mass is 720 g/mol. The van der Waals surface area contributed by atoms with Gasteiger partial charge in [-0.2, -0.15) is 0 Å². The highest BCUT2D eigenvalue weighted by molar-refractivity contribution is 6.08. The molecule has 0 N–H and O–H groups in total. The topological polar surface area (TPSA) is 35.0 Å². The summed E-state index contributed by atoms with van der Waals surface area (Å²) in [6.07, 6.45) is 10.8. The summed E-state index contributed by atoms with van der Waals surface area (Å²) in [7, 11) is 0. The minimum atomic E-state index is -0.850. The van der Waals surface area contributed by atoms with Crippen molar-refractivity contribution in [2.45, 2.75) is 43.1 Å². The van der Waals surface area contributed by atoms with Crippen molar-refractivity contribution in [3.05, 3.63) is 204 Å². The Morgan fingerprint density at radius 1 is 0.500 bits per heavy atom. The normalized spacial score (nSPS) is 17.6. The Hall–Kier alpha value is -6.58. The third-order valence-electron chi connectivity index (χ3n) is 12.5. The molecule has 1 atom stereocenters. The molecule has 2 aliphatic carbocycles. The molecule has 1 unspecified atom stereocenters. The van der Waals surface area contributed by atoms with Crippen LogP contribution in [-0.2, 0) is 11.0 Å². The Labute approximate surface area is 328 Å². The van der Waals surface area contributed by atoms with Gasteiger partial charge in [0.15, 0.2) is 11.4 Å². The summed E-state index contributed by atoms with van der Waals surface area (Å²) in [6.45, 7) is 0. The van der Waals surface area contributed by atoms with E-state index in [-0.39, 0.29) is 5.41 Å². The van der Waals surface area contributed by atoms with Crippen LogP contribution < -0.4 is 4.74 Å². The van der Waals surface area contributed by atoms with Gasteiger partial charge in [0.2, 0.25) is 0 Å². The molecule has 1 aromatic heterocycles. The van der Waals surface area contributed by atoms with E-state index in [4.69, 9.17) is 14.7 Å². The van der Waals surface area contributed by atoms with Crippen LogP contribution in [0.3, 0.4) is 0 Å². The van der Waals surface area contributed by atoms with Crippen LogP contribution in [0.15, 0.2) is 176 Å². The maximum atomic E-state index is 7.64. The number of hydrogen-bond acceptors (Lipinski definition) is 3. The lowest BCUT2D eigenvalue weighted by atomic mass is 9.66. The maximum absolute atomic E-state index is 7.64. The van der Waals surface area contributed by atoms with Crippen molar-refractivity contribution in [1.82, 2.24) is 9.97 Å². The molecule has 1 spiro atoms. The average molecular weight is 721 g/mol. The molecule has 2 heterocycles. The quantitative estimate of drug-likeness (QED) is 0.178. The molecule has 0 amide bonds. The predicted octanol–water partition coefficient (Wildman–Crippen LogP) is 13.2. The molecular weight excluding hydrogens is 681 g/mol. The van der Waals surface area contributed by atoms with Gasteiger partial charge in [0.05, 0.1) is 11.4 Å². The molecule has 0 bridgehead atoms. The van der Waals surface area contributed by atoms with E-state index in [1.54, 1.807) is 0 Å². The predicted molar refractivity (Wildman–Crippen MR) is 228 cm³/mol. The molecule has 1 saturated carbocycles. The van der Waals surface area contributed by atoms with Gasteiger partial charge in [-0.15, -0.1) is 0 Å². The van der Waals surface area contributed by atoms with Crippen LogP contribution in [0.25, 0.3) is 61.9 Å². The highest BCUT2D eigenvalue weighted by Crippen LogP contribution is 2.62. The zero-order valence-corrected chi connectivity index (χ0v) is 31.2. The average Bonchev–Trinajstić information content (AvgIpc) is 3.56. The molecular formula is C53H40N2O. The van der Waals surface area contributed by atoms with Crippen LogP contribution in [0.2, 0.25) is 0 Å². The summed E-state index contributed by atoms with van der Waals surface area (Å²) >= 11 is 0. The highest BCUT2D eigenvalue weighted by Gasteiger charge is 2.48. The standard InChI is InChI=1S/C53H40N2O/c1-5-17-36(18-6-1)46-35-47(37-19-7-2-8-20-37)55-51(54-46)38-27-29-40(30-28-38)53(39-21-9-3-10-22-39)34-31-44-49-48(41-23-11-12-24-42(41)50(44)56-53)43-25-13-14-26-45(43)52(49)32-15-4-16-33-52/h1-3,5-14,17-31,34-35H,4,15-16,32-33H2. The van der Waals surface area contributed by atoms with Crippen LogP contribution >= 0.6 is 0 Å². The second kappa shape index (κ2) is 13.0. The van der Waals surface area contributed by atoms with Gasteiger partial charge >= 0.3 is 0 Å².